The normalized spacial score (nSPS) is 12.4. The molecule has 0 aromatic rings. The van der Waals surface area contributed by atoms with Gasteiger partial charge in [-0.15, -0.1) is 0 Å². The van der Waals surface area contributed by atoms with Crippen LogP contribution in [0, 0.1) is 0 Å². The summed E-state index contributed by atoms with van der Waals surface area (Å²) >= 11 is 0. The Morgan fingerprint density at radius 1 is 0.312 bits per heavy atom. The predicted molar refractivity (Wildman–Crippen MR) is 275 cm³/mol. The smallest absolute Gasteiger partial charge is 0.306 e. The van der Waals surface area contributed by atoms with Crippen LogP contribution in [0.25, 0.3) is 0 Å². The van der Waals surface area contributed by atoms with E-state index in [0.29, 0.717) is 19.3 Å². The van der Waals surface area contributed by atoms with Crippen molar-refractivity contribution in [3.8, 4) is 0 Å². The van der Waals surface area contributed by atoms with Crippen LogP contribution in [-0.4, -0.2) is 37.2 Å². The molecule has 64 heavy (non-hydrogen) atoms. The molecule has 0 aliphatic carbocycles. The first kappa shape index (κ1) is 61.4. The van der Waals surface area contributed by atoms with Gasteiger partial charge in [0.15, 0.2) is 6.10 Å². The van der Waals surface area contributed by atoms with Gasteiger partial charge in [0.1, 0.15) is 13.2 Å². The highest BCUT2D eigenvalue weighted by molar-refractivity contribution is 5.71. The summed E-state index contributed by atoms with van der Waals surface area (Å²) in [7, 11) is 0. The van der Waals surface area contributed by atoms with Crippen molar-refractivity contribution in [2.75, 3.05) is 13.2 Å². The highest BCUT2D eigenvalue weighted by atomic mass is 16.6. The van der Waals surface area contributed by atoms with E-state index in [2.05, 4.69) is 69.4 Å². The highest BCUT2D eigenvalue weighted by Crippen LogP contribution is 2.15. The van der Waals surface area contributed by atoms with Gasteiger partial charge in [0, 0.05) is 19.3 Å². The zero-order valence-corrected chi connectivity index (χ0v) is 42.6. The van der Waals surface area contributed by atoms with Gasteiger partial charge in [0.25, 0.3) is 0 Å². The maximum absolute atomic E-state index is 12.8. The van der Waals surface area contributed by atoms with Crippen molar-refractivity contribution >= 4 is 17.9 Å². The summed E-state index contributed by atoms with van der Waals surface area (Å²) in [5.74, 6) is -0.898. The molecule has 0 spiro atoms. The summed E-state index contributed by atoms with van der Waals surface area (Å²) in [6.07, 6.45) is 63.9. The first-order valence-corrected chi connectivity index (χ1v) is 27.7. The van der Waals surface area contributed by atoms with Crippen LogP contribution in [0.1, 0.15) is 284 Å². The lowest BCUT2D eigenvalue weighted by molar-refractivity contribution is -0.167. The number of hydrogen-bond donors (Lipinski definition) is 0. The van der Waals surface area contributed by atoms with Crippen molar-refractivity contribution in [1.82, 2.24) is 0 Å². The molecule has 1 atom stereocenters. The molecule has 6 heteroatoms. The molecule has 0 aromatic carbocycles. The minimum Gasteiger partial charge on any atom is -0.462 e. The molecular weight excluding hydrogens is 793 g/mol. The van der Waals surface area contributed by atoms with E-state index in [4.69, 9.17) is 14.2 Å². The van der Waals surface area contributed by atoms with Crippen molar-refractivity contribution in [3.63, 3.8) is 0 Å². The summed E-state index contributed by atoms with van der Waals surface area (Å²) in [5, 5.41) is 0. The minimum absolute atomic E-state index is 0.0809. The van der Waals surface area contributed by atoms with Crippen LogP contribution in [0.2, 0.25) is 0 Å². The highest BCUT2D eigenvalue weighted by Gasteiger charge is 2.19. The van der Waals surface area contributed by atoms with Crippen LogP contribution < -0.4 is 0 Å². The van der Waals surface area contributed by atoms with Crippen LogP contribution in [0.3, 0.4) is 0 Å². The number of ether oxygens (including phenoxy) is 3. The molecule has 0 saturated carbocycles. The van der Waals surface area contributed by atoms with Crippen molar-refractivity contribution in [2.24, 2.45) is 0 Å². The average molecular weight is 897 g/mol. The van der Waals surface area contributed by atoms with Crippen molar-refractivity contribution in [2.45, 2.75) is 290 Å². The van der Waals surface area contributed by atoms with E-state index in [9.17, 15) is 14.4 Å². The SMILES string of the molecule is CCCCCCC\C=C/C=C\C=C/CCCCCCCC(=O)OC(COC(=O)CCCCCCCCC/C=C\CCCCCCCCCC)COC(=O)CCCCCCCCCCC. The van der Waals surface area contributed by atoms with Gasteiger partial charge in [0.05, 0.1) is 0 Å². The van der Waals surface area contributed by atoms with E-state index in [1.165, 1.54) is 167 Å². The molecule has 0 amide bonds. The van der Waals surface area contributed by atoms with Gasteiger partial charge in [-0.3, -0.25) is 14.4 Å². The Morgan fingerprint density at radius 3 is 0.906 bits per heavy atom. The molecule has 0 fully saturated rings. The Balaban J connectivity index is 4.33. The van der Waals surface area contributed by atoms with E-state index >= 15 is 0 Å². The van der Waals surface area contributed by atoms with Crippen molar-refractivity contribution in [1.29, 1.82) is 0 Å². The number of carbonyl (C=O) groups is 3. The maximum atomic E-state index is 12.8. The van der Waals surface area contributed by atoms with Crippen LogP contribution in [-0.2, 0) is 28.6 Å². The maximum Gasteiger partial charge on any atom is 0.306 e. The molecule has 0 saturated heterocycles. The number of unbranched alkanes of at least 4 members (excludes halogenated alkanes) is 33. The third-order valence-electron chi connectivity index (χ3n) is 12.1. The fourth-order valence-electron chi connectivity index (χ4n) is 7.91. The zero-order chi connectivity index (χ0) is 46.5. The van der Waals surface area contributed by atoms with E-state index in [0.717, 1.165) is 77.0 Å². The summed E-state index contributed by atoms with van der Waals surface area (Å²) in [4.78, 5) is 38.0. The first-order chi connectivity index (χ1) is 31.5. The Hall–Kier alpha value is -2.63. The summed E-state index contributed by atoms with van der Waals surface area (Å²) in [6.45, 7) is 6.60. The van der Waals surface area contributed by atoms with Crippen LogP contribution >= 0.6 is 0 Å². The number of allylic oxidation sites excluding steroid dienone is 8. The number of esters is 3. The molecule has 0 aromatic heterocycles. The lowest BCUT2D eigenvalue weighted by Gasteiger charge is -2.18. The molecule has 372 valence electrons. The van der Waals surface area contributed by atoms with Gasteiger partial charge in [-0.2, -0.15) is 0 Å². The number of rotatable bonds is 50. The molecule has 0 radical (unpaired) electrons. The van der Waals surface area contributed by atoms with Crippen LogP contribution in [0.5, 0.6) is 0 Å². The van der Waals surface area contributed by atoms with Gasteiger partial charge >= 0.3 is 17.9 Å². The summed E-state index contributed by atoms with van der Waals surface area (Å²) in [5.41, 5.74) is 0. The largest absolute Gasteiger partial charge is 0.462 e. The van der Waals surface area contributed by atoms with Gasteiger partial charge in [0.2, 0.25) is 0 Å². The molecular formula is C58H104O6. The topological polar surface area (TPSA) is 78.9 Å². The molecule has 0 N–H and O–H groups in total. The lowest BCUT2D eigenvalue weighted by atomic mass is 10.1. The molecule has 0 aliphatic heterocycles. The Bertz CT molecular complexity index is 1120. The second-order valence-corrected chi connectivity index (χ2v) is 18.6. The quantitative estimate of drug-likeness (QED) is 0.0199. The molecule has 0 heterocycles. The third-order valence-corrected chi connectivity index (χ3v) is 12.1. The van der Waals surface area contributed by atoms with Crippen molar-refractivity contribution < 1.29 is 28.6 Å². The molecule has 0 rings (SSSR count). The van der Waals surface area contributed by atoms with E-state index in [1.807, 2.05) is 0 Å². The third kappa shape index (κ3) is 50.4. The zero-order valence-electron chi connectivity index (χ0n) is 42.6. The molecule has 6 nitrogen and oxygen atoms in total. The minimum atomic E-state index is -0.782. The van der Waals surface area contributed by atoms with Gasteiger partial charge in [-0.25, -0.2) is 0 Å². The van der Waals surface area contributed by atoms with Crippen molar-refractivity contribution in [3.05, 3.63) is 48.6 Å². The fourth-order valence-corrected chi connectivity index (χ4v) is 7.91. The number of hydrogen-bond acceptors (Lipinski definition) is 6. The van der Waals surface area contributed by atoms with E-state index < -0.39 is 6.10 Å². The predicted octanol–water partition coefficient (Wildman–Crippen LogP) is 18.3. The molecule has 0 aliphatic rings. The second-order valence-electron chi connectivity index (χ2n) is 18.6. The lowest BCUT2D eigenvalue weighted by Crippen LogP contribution is -2.30. The Kier molecular flexibility index (Phi) is 50.8. The van der Waals surface area contributed by atoms with Crippen LogP contribution in [0.15, 0.2) is 48.6 Å². The standard InChI is InChI=1S/C58H104O6/c1-4-7-10-13-16-19-21-23-25-27-29-31-32-34-36-39-42-45-48-51-57(60)63-54-55(53-62-56(59)50-47-44-41-38-18-15-12-9-6-3)64-58(61)52-49-46-43-40-37-35-33-30-28-26-24-22-20-17-14-11-8-5-2/h22,24,26-30,33,55H,4-21,23,25,31-32,34-54H2,1-3H3/b24-22-,28-26-,29-27-,33-30-. The average Bonchev–Trinajstić information content (AvgIpc) is 3.29. The summed E-state index contributed by atoms with van der Waals surface area (Å²) < 4.78 is 16.8. The molecule has 0 bridgehead atoms. The second kappa shape index (κ2) is 53.0. The van der Waals surface area contributed by atoms with E-state index in [-0.39, 0.29) is 31.1 Å². The number of carbonyl (C=O) groups excluding carboxylic acids is 3. The summed E-state index contributed by atoms with van der Waals surface area (Å²) in [6, 6.07) is 0. The van der Waals surface area contributed by atoms with Crippen LogP contribution in [0.4, 0.5) is 0 Å². The van der Waals surface area contributed by atoms with E-state index in [1.54, 1.807) is 0 Å². The van der Waals surface area contributed by atoms with Gasteiger partial charge in [-0.1, -0.05) is 243 Å². The first-order valence-electron chi connectivity index (χ1n) is 27.7. The monoisotopic (exact) mass is 897 g/mol. The Morgan fingerprint density at radius 2 is 0.578 bits per heavy atom. The fraction of sp³-hybridized carbons (Fsp3) is 0.810. The van der Waals surface area contributed by atoms with Gasteiger partial charge in [-0.05, 0) is 70.6 Å². The Labute approximate surface area is 397 Å². The van der Waals surface area contributed by atoms with Gasteiger partial charge < -0.3 is 14.2 Å². The molecule has 1 unspecified atom stereocenters.